The molecule has 1 rings (SSSR count). The van der Waals surface area contributed by atoms with Gasteiger partial charge < -0.3 is 10.5 Å². The maximum atomic E-state index is 11.0. The minimum atomic E-state index is -0.438. The molecule has 0 saturated carbocycles. The third-order valence-corrected chi connectivity index (χ3v) is 2.55. The van der Waals surface area contributed by atoms with Crippen molar-refractivity contribution in [1.82, 2.24) is 0 Å². The second kappa shape index (κ2) is 5.02. The van der Waals surface area contributed by atoms with Crippen molar-refractivity contribution in [3.63, 3.8) is 0 Å². The summed E-state index contributed by atoms with van der Waals surface area (Å²) >= 11 is 7.09. The highest BCUT2D eigenvalue weighted by Crippen LogP contribution is 2.23. The third-order valence-electron chi connectivity index (χ3n) is 1.46. The van der Waals surface area contributed by atoms with Crippen LogP contribution in [0, 0.1) is 0 Å². The lowest BCUT2D eigenvalue weighted by Gasteiger charge is -1.98. The Morgan fingerprint density at radius 1 is 1.79 bits per heavy atom. The van der Waals surface area contributed by atoms with Crippen molar-refractivity contribution < 1.29 is 9.53 Å². The zero-order chi connectivity index (χ0) is 10.6. The lowest BCUT2D eigenvalue weighted by atomic mass is 10.2. The minimum absolute atomic E-state index is 0.340. The summed E-state index contributed by atoms with van der Waals surface area (Å²) in [6.07, 6.45) is 1.25. The predicted octanol–water partition coefficient (Wildman–Crippen LogP) is 2.26. The van der Waals surface area contributed by atoms with Crippen LogP contribution in [0.1, 0.15) is 12.5 Å². The highest BCUT2D eigenvalue weighted by atomic mass is 35.5. The van der Waals surface area contributed by atoms with Gasteiger partial charge in [0.25, 0.3) is 0 Å². The number of ether oxygens (including phenoxy) is 1. The first-order chi connectivity index (χ1) is 6.63. The van der Waals surface area contributed by atoms with Gasteiger partial charge in [0.05, 0.1) is 10.9 Å². The molecule has 0 aliphatic heterocycles. The van der Waals surface area contributed by atoms with E-state index in [0.717, 1.165) is 5.56 Å². The summed E-state index contributed by atoms with van der Waals surface area (Å²) in [4.78, 5) is 11.0. The summed E-state index contributed by atoms with van der Waals surface area (Å²) in [6.45, 7) is 2.08. The Labute approximate surface area is 91.1 Å². The molecule has 0 spiro atoms. The zero-order valence-corrected chi connectivity index (χ0v) is 9.19. The fourth-order valence-corrected chi connectivity index (χ4v) is 1.75. The molecule has 0 aromatic carbocycles. The molecule has 1 aromatic heterocycles. The van der Waals surface area contributed by atoms with E-state index in [1.165, 1.54) is 17.4 Å². The maximum Gasteiger partial charge on any atom is 0.332 e. The number of nitrogens with two attached hydrogens (primary N) is 1. The van der Waals surface area contributed by atoms with Gasteiger partial charge in [0.15, 0.2) is 0 Å². The van der Waals surface area contributed by atoms with E-state index in [-0.39, 0.29) is 0 Å². The number of rotatable bonds is 3. The van der Waals surface area contributed by atoms with Gasteiger partial charge in [0, 0.05) is 22.7 Å². The zero-order valence-electron chi connectivity index (χ0n) is 7.62. The van der Waals surface area contributed by atoms with E-state index in [4.69, 9.17) is 22.1 Å². The third kappa shape index (κ3) is 3.05. The van der Waals surface area contributed by atoms with Gasteiger partial charge in [-0.15, -0.1) is 11.3 Å². The molecule has 0 bridgehead atoms. The number of thiophene rings is 1. The topological polar surface area (TPSA) is 52.3 Å². The predicted molar refractivity (Wildman–Crippen MR) is 58.1 cm³/mol. The molecule has 5 heteroatoms. The van der Waals surface area contributed by atoms with Crippen LogP contribution < -0.4 is 5.73 Å². The van der Waals surface area contributed by atoms with Gasteiger partial charge in [-0.1, -0.05) is 11.6 Å². The lowest BCUT2D eigenvalue weighted by molar-refractivity contribution is -0.137. The summed E-state index contributed by atoms with van der Waals surface area (Å²) in [6, 6.07) is 1.71. The number of hydrogen-bond donors (Lipinski definition) is 1. The van der Waals surface area contributed by atoms with E-state index < -0.39 is 5.97 Å². The normalized spacial score (nSPS) is 11.4. The van der Waals surface area contributed by atoms with Crippen molar-refractivity contribution in [2.45, 2.75) is 6.92 Å². The van der Waals surface area contributed by atoms with Gasteiger partial charge in [-0.2, -0.15) is 0 Å². The van der Waals surface area contributed by atoms with Crippen molar-refractivity contribution in [1.29, 1.82) is 0 Å². The first-order valence-electron chi connectivity index (χ1n) is 4.01. The van der Waals surface area contributed by atoms with E-state index in [0.29, 0.717) is 16.6 Å². The monoisotopic (exact) mass is 231 g/mol. The quantitative estimate of drug-likeness (QED) is 0.641. The fraction of sp³-hybridized carbons (Fsp3) is 0.222. The number of halogens is 1. The van der Waals surface area contributed by atoms with Crippen molar-refractivity contribution in [3.05, 3.63) is 27.4 Å². The molecule has 76 valence electrons. The summed E-state index contributed by atoms with van der Waals surface area (Å²) in [7, 11) is 0. The minimum Gasteiger partial charge on any atom is -0.463 e. The van der Waals surface area contributed by atoms with E-state index in [1.54, 1.807) is 18.4 Å². The molecule has 0 aliphatic carbocycles. The van der Waals surface area contributed by atoms with Crippen LogP contribution in [0.3, 0.4) is 0 Å². The molecule has 14 heavy (non-hydrogen) atoms. The van der Waals surface area contributed by atoms with Crippen LogP contribution in [-0.2, 0) is 9.53 Å². The smallest absolute Gasteiger partial charge is 0.332 e. The van der Waals surface area contributed by atoms with Crippen molar-refractivity contribution in [3.8, 4) is 0 Å². The van der Waals surface area contributed by atoms with Gasteiger partial charge in [0.1, 0.15) is 0 Å². The average Bonchev–Trinajstić information content (AvgIpc) is 2.52. The van der Waals surface area contributed by atoms with E-state index in [9.17, 15) is 4.79 Å². The highest BCUT2D eigenvalue weighted by molar-refractivity contribution is 7.14. The van der Waals surface area contributed by atoms with E-state index in [2.05, 4.69) is 0 Å². The van der Waals surface area contributed by atoms with Crippen LogP contribution in [0.15, 0.2) is 17.5 Å². The Hall–Kier alpha value is -1.00. The largest absolute Gasteiger partial charge is 0.463 e. The fourth-order valence-electron chi connectivity index (χ4n) is 0.856. The van der Waals surface area contributed by atoms with Gasteiger partial charge in [-0.05, 0) is 13.0 Å². The van der Waals surface area contributed by atoms with Gasteiger partial charge in [-0.3, -0.25) is 0 Å². The Morgan fingerprint density at radius 3 is 3.00 bits per heavy atom. The van der Waals surface area contributed by atoms with Crippen LogP contribution in [0.25, 0.3) is 5.70 Å². The summed E-state index contributed by atoms with van der Waals surface area (Å²) in [5, 5.41) is 1.79. The molecule has 3 nitrogen and oxygen atoms in total. The summed E-state index contributed by atoms with van der Waals surface area (Å²) < 4.78 is 5.35. The highest BCUT2D eigenvalue weighted by Gasteiger charge is 2.03. The number of carbonyl (C=O) groups excluding carboxylic acids is 1. The number of hydrogen-bond acceptors (Lipinski definition) is 4. The Kier molecular flexibility index (Phi) is 3.98. The first kappa shape index (κ1) is 11.1. The Morgan fingerprint density at radius 2 is 2.50 bits per heavy atom. The first-order valence-corrected chi connectivity index (χ1v) is 5.27. The molecular formula is C9H10ClNO2S. The second-order valence-electron chi connectivity index (χ2n) is 2.49. The molecule has 1 aromatic rings. The van der Waals surface area contributed by atoms with Crippen molar-refractivity contribution in [2.75, 3.05) is 6.61 Å². The molecule has 0 aliphatic rings. The molecular weight excluding hydrogens is 222 g/mol. The van der Waals surface area contributed by atoms with Crippen molar-refractivity contribution in [2.24, 2.45) is 5.73 Å². The molecule has 0 amide bonds. The Bertz CT molecular complexity index is 359. The number of esters is 1. The van der Waals surface area contributed by atoms with Crippen LogP contribution >= 0.6 is 22.9 Å². The molecule has 1 heterocycles. The van der Waals surface area contributed by atoms with E-state index in [1.807, 2.05) is 0 Å². The number of carbonyl (C=O) groups is 1. The summed E-state index contributed by atoms with van der Waals surface area (Å²) in [5.41, 5.74) is 6.76. The average molecular weight is 232 g/mol. The maximum absolute atomic E-state index is 11.0. The standard InChI is InChI=1S/C9H10ClNO2S/c1-2-13-9(12)4-7(11)6-3-8(10)14-5-6/h3-5H,2,11H2,1H3. The second-order valence-corrected chi connectivity index (χ2v) is 4.03. The van der Waals surface area contributed by atoms with Crippen LogP contribution in [0.5, 0.6) is 0 Å². The molecule has 0 fully saturated rings. The molecule has 0 atom stereocenters. The van der Waals surface area contributed by atoms with E-state index >= 15 is 0 Å². The molecule has 0 radical (unpaired) electrons. The van der Waals surface area contributed by atoms with Crippen LogP contribution in [0.4, 0.5) is 0 Å². The van der Waals surface area contributed by atoms with Crippen LogP contribution in [-0.4, -0.2) is 12.6 Å². The van der Waals surface area contributed by atoms with Crippen molar-refractivity contribution >= 4 is 34.6 Å². The van der Waals surface area contributed by atoms with Crippen LogP contribution in [0.2, 0.25) is 4.34 Å². The molecule has 0 saturated heterocycles. The Balaban J connectivity index is 2.74. The van der Waals surface area contributed by atoms with Gasteiger partial charge >= 0.3 is 5.97 Å². The van der Waals surface area contributed by atoms with Gasteiger partial charge in [-0.25, -0.2) is 4.79 Å². The summed E-state index contributed by atoms with van der Waals surface area (Å²) in [5.74, 6) is -0.438. The van der Waals surface area contributed by atoms with Gasteiger partial charge in [0.2, 0.25) is 0 Å². The SMILES string of the molecule is CCOC(=O)C=C(N)c1csc(Cl)c1. The lowest BCUT2D eigenvalue weighted by Crippen LogP contribution is -2.04. The molecule has 0 unspecified atom stereocenters. The molecule has 2 N–H and O–H groups in total.